The van der Waals surface area contributed by atoms with E-state index in [4.69, 9.17) is 22.0 Å². The highest BCUT2D eigenvalue weighted by Crippen LogP contribution is 2.29. The van der Waals surface area contributed by atoms with Crippen molar-refractivity contribution < 1.29 is 18.3 Å². The maximum Gasteiger partial charge on any atom is 0.303 e. The molecule has 0 radical (unpaired) electrons. The lowest BCUT2D eigenvalue weighted by molar-refractivity contribution is -0.137. The molecule has 0 aliphatic carbocycles. The van der Waals surface area contributed by atoms with E-state index in [9.17, 15) is 13.2 Å². The Morgan fingerprint density at radius 3 is 2.86 bits per heavy atom. The number of nitrogens with zero attached hydrogens (tertiary/aromatic N) is 2. The van der Waals surface area contributed by atoms with Gasteiger partial charge in [0.25, 0.3) is 0 Å². The minimum Gasteiger partial charge on any atom is -0.481 e. The molecule has 2 rings (SSSR count). The molecular weight excluding hydrogens is 316 g/mol. The Balaban J connectivity index is 2.30. The van der Waals surface area contributed by atoms with Crippen LogP contribution < -0.4 is 0 Å². The number of hydrogen-bond donors (Lipinski definition) is 1. The quantitative estimate of drug-likeness (QED) is 0.907. The second-order valence-electron chi connectivity index (χ2n) is 4.87. The first-order chi connectivity index (χ1) is 9.84. The van der Waals surface area contributed by atoms with E-state index < -0.39 is 16.0 Å². The van der Waals surface area contributed by atoms with Crippen molar-refractivity contribution in [1.29, 1.82) is 5.26 Å². The van der Waals surface area contributed by atoms with E-state index >= 15 is 0 Å². The lowest BCUT2D eigenvalue weighted by Crippen LogP contribution is -2.29. The van der Waals surface area contributed by atoms with E-state index in [0.717, 1.165) is 0 Å². The third kappa shape index (κ3) is 3.35. The van der Waals surface area contributed by atoms with Crippen LogP contribution in [0.2, 0.25) is 5.02 Å². The van der Waals surface area contributed by atoms with Gasteiger partial charge in [-0.2, -0.15) is 9.57 Å². The topological polar surface area (TPSA) is 98.5 Å². The number of halogens is 1. The highest BCUT2D eigenvalue weighted by molar-refractivity contribution is 7.89. The van der Waals surface area contributed by atoms with Gasteiger partial charge in [-0.25, -0.2) is 8.42 Å². The Morgan fingerprint density at radius 2 is 2.24 bits per heavy atom. The molecule has 1 fully saturated rings. The number of rotatable bonds is 4. The van der Waals surface area contributed by atoms with Gasteiger partial charge in [0.1, 0.15) is 11.0 Å². The number of hydrogen-bond acceptors (Lipinski definition) is 4. The highest BCUT2D eigenvalue weighted by atomic mass is 35.5. The van der Waals surface area contributed by atoms with Crippen molar-refractivity contribution in [2.24, 2.45) is 5.92 Å². The molecule has 1 N–H and O–H groups in total. The van der Waals surface area contributed by atoms with Gasteiger partial charge in [-0.05, 0) is 30.5 Å². The summed E-state index contributed by atoms with van der Waals surface area (Å²) in [5.41, 5.74) is 0.0288. The van der Waals surface area contributed by atoms with E-state index in [1.165, 1.54) is 22.5 Å². The van der Waals surface area contributed by atoms with E-state index in [1.54, 1.807) is 0 Å². The maximum atomic E-state index is 12.6. The van der Waals surface area contributed by atoms with Crippen LogP contribution in [-0.4, -0.2) is 36.9 Å². The van der Waals surface area contributed by atoms with Gasteiger partial charge >= 0.3 is 5.97 Å². The molecule has 21 heavy (non-hydrogen) atoms. The van der Waals surface area contributed by atoms with Crippen LogP contribution in [0.4, 0.5) is 0 Å². The van der Waals surface area contributed by atoms with E-state index in [0.29, 0.717) is 6.42 Å². The number of carboxylic acid groups (broad SMARTS) is 1. The van der Waals surface area contributed by atoms with Crippen LogP contribution in [-0.2, 0) is 14.8 Å². The molecule has 0 spiro atoms. The smallest absolute Gasteiger partial charge is 0.303 e. The van der Waals surface area contributed by atoms with E-state index in [-0.39, 0.29) is 40.9 Å². The lowest BCUT2D eigenvalue weighted by atomic mass is 10.1. The van der Waals surface area contributed by atoms with Crippen LogP contribution in [0.3, 0.4) is 0 Å². The van der Waals surface area contributed by atoms with Gasteiger partial charge < -0.3 is 5.11 Å². The first-order valence-electron chi connectivity index (χ1n) is 6.26. The molecular formula is C13H13ClN2O4S. The summed E-state index contributed by atoms with van der Waals surface area (Å²) in [4.78, 5) is 10.6. The fourth-order valence-corrected chi connectivity index (χ4v) is 4.31. The van der Waals surface area contributed by atoms with E-state index in [2.05, 4.69) is 0 Å². The Kier molecular flexibility index (Phi) is 4.52. The van der Waals surface area contributed by atoms with E-state index in [1.807, 2.05) is 6.07 Å². The van der Waals surface area contributed by atoms with Crippen molar-refractivity contribution >= 4 is 27.6 Å². The minimum absolute atomic E-state index is 0.0288. The van der Waals surface area contributed by atoms with Crippen molar-refractivity contribution in [3.8, 4) is 6.07 Å². The standard InChI is InChI=1S/C13H13ClN2O4S/c14-11-2-1-10(7-15)12(6-11)21(19,20)16-4-3-9(8-16)5-13(17)18/h1-2,6,9H,3-5,8H2,(H,17,18). The maximum absolute atomic E-state index is 12.6. The molecule has 1 unspecified atom stereocenters. The number of nitriles is 1. The van der Waals surface area contributed by atoms with Gasteiger partial charge in [-0.1, -0.05) is 11.6 Å². The molecule has 1 aliphatic rings. The number of carbonyl (C=O) groups is 1. The first kappa shape index (κ1) is 15.8. The minimum atomic E-state index is -3.84. The van der Waals surface area contributed by atoms with Gasteiger partial charge in [0, 0.05) is 24.5 Å². The molecule has 1 aliphatic heterocycles. The summed E-state index contributed by atoms with van der Waals surface area (Å²) in [6, 6.07) is 5.90. The molecule has 0 bridgehead atoms. The Morgan fingerprint density at radius 1 is 1.52 bits per heavy atom. The zero-order chi connectivity index (χ0) is 15.6. The fraction of sp³-hybridized carbons (Fsp3) is 0.385. The molecule has 0 aromatic heterocycles. The molecule has 112 valence electrons. The second-order valence-corrected chi connectivity index (χ2v) is 7.21. The summed E-state index contributed by atoms with van der Waals surface area (Å²) in [5, 5.41) is 18.0. The predicted molar refractivity (Wildman–Crippen MR) is 75.3 cm³/mol. The van der Waals surface area contributed by atoms with Crippen molar-refractivity contribution in [3.63, 3.8) is 0 Å². The van der Waals surface area contributed by atoms with Crippen molar-refractivity contribution in [2.75, 3.05) is 13.1 Å². The van der Waals surface area contributed by atoms with Gasteiger partial charge in [-0.15, -0.1) is 0 Å². The van der Waals surface area contributed by atoms with Crippen LogP contribution in [0.5, 0.6) is 0 Å². The Bertz CT molecular complexity index is 711. The average Bonchev–Trinajstić information content (AvgIpc) is 2.87. The third-order valence-corrected chi connectivity index (χ3v) is 5.53. The van der Waals surface area contributed by atoms with Crippen molar-refractivity contribution in [2.45, 2.75) is 17.7 Å². The zero-order valence-corrected chi connectivity index (χ0v) is 12.6. The summed E-state index contributed by atoms with van der Waals surface area (Å²) in [7, 11) is -3.84. The number of benzene rings is 1. The van der Waals surface area contributed by atoms with Gasteiger partial charge in [0.05, 0.1) is 5.56 Å². The Labute approximate surface area is 127 Å². The van der Waals surface area contributed by atoms with Crippen LogP contribution in [0.15, 0.2) is 23.1 Å². The summed E-state index contributed by atoms with van der Waals surface area (Å²) >= 11 is 5.81. The summed E-state index contributed by atoms with van der Waals surface area (Å²) < 4.78 is 26.3. The van der Waals surface area contributed by atoms with Crippen LogP contribution in [0.1, 0.15) is 18.4 Å². The number of aliphatic carboxylic acids is 1. The van der Waals surface area contributed by atoms with Crippen LogP contribution in [0.25, 0.3) is 0 Å². The Hall–Kier alpha value is -1.62. The normalized spacial score (nSPS) is 19.3. The van der Waals surface area contributed by atoms with Gasteiger partial charge in [-0.3, -0.25) is 4.79 Å². The zero-order valence-electron chi connectivity index (χ0n) is 11.0. The summed E-state index contributed by atoms with van der Waals surface area (Å²) in [6.07, 6.45) is 0.431. The molecule has 0 amide bonds. The van der Waals surface area contributed by atoms with Gasteiger partial charge in [0.15, 0.2) is 0 Å². The molecule has 8 heteroatoms. The largest absolute Gasteiger partial charge is 0.481 e. The molecule has 1 heterocycles. The average molecular weight is 329 g/mol. The van der Waals surface area contributed by atoms with Crippen LogP contribution in [0, 0.1) is 17.2 Å². The molecule has 1 saturated heterocycles. The lowest BCUT2D eigenvalue weighted by Gasteiger charge is -2.17. The second kappa shape index (κ2) is 6.02. The van der Waals surface area contributed by atoms with Crippen LogP contribution >= 0.6 is 11.6 Å². The molecule has 1 aromatic carbocycles. The predicted octanol–water partition coefficient (Wildman–Crippen LogP) is 1.70. The molecule has 1 aromatic rings. The SMILES string of the molecule is N#Cc1ccc(Cl)cc1S(=O)(=O)N1CCC(CC(=O)O)C1. The molecule has 6 nitrogen and oxygen atoms in total. The first-order valence-corrected chi connectivity index (χ1v) is 8.08. The monoisotopic (exact) mass is 328 g/mol. The summed E-state index contributed by atoms with van der Waals surface area (Å²) in [5.74, 6) is -1.15. The molecule has 0 saturated carbocycles. The number of sulfonamides is 1. The number of carboxylic acids is 1. The highest BCUT2D eigenvalue weighted by Gasteiger charge is 2.34. The van der Waals surface area contributed by atoms with Crippen molar-refractivity contribution in [1.82, 2.24) is 4.31 Å². The summed E-state index contributed by atoms with van der Waals surface area (Å²) in [6.45, 7) is 0.393. The van der Waals surface area contributed by atoms with Crippen molar-refractivity contribution in [3.05, 3.63) is 28.8 Å². The molecule has 1 atom stereocenters. The third-order valence-electron chi connectivity index (χ3n) is 3.39. The fourth-order valence-electron chi connectivity index (χ4n) is 2.37. The van der Waals surface area contributed by atoms with Gasteiger partial charge in [0.2, 0.25) is 10.0 Å².